The molecule has 0 bridgehead atoms. The van der Waals surface area contributed by atoms with Gasteiger partial charge in [0, 0.05) is 5.56 Å². The summed E-state index contributed by atoms with van der Waals surface area (Å²) in [6.45, 7) is 1.63. The van der Waals surface area contributed by atoms with Crippen molar-refractivity contribution in [1.29, 1.82) is 0 Å². The minimum absolute atomic E-state index is 0.0937. The Balaban J connectivity index is 2.33. The second kappa shape index (κ2) is 5.45. The van der Waals surface area contributed by atoms with Crippen LogP contribution in [0.25, 0.3) is 0 Å². The van der Waals surface area contributed by atoms with Gasteiger partial charge < -0.3 is 10.8 Å². The molecular weight excluding hydrogens is 296 g/mol. The summed E-state index contributed by atoms with van der Waals surface area (Å²) in [6, 6.07) is 2.79. The molecule has 1 saturated carbocycles. The van der Waals surface area contributed by atoms with E-state index in [0.717, 1.165) is 6.07 Å². The van der Waals surface area contributed by atoms with Crippen LogP contribution in [-0.2, 0) is 14.8 Å². The van der Waals surface area contributed by atoms with Gasteiger partial charge in [-0.3, -0.25) is 9.59 Å². The lowest BCUT2D eigenvalue weighted by Crippen LogP contribution is -2.42. The molecule has 4 N–H and O–H groups in total. The molecule has 1 aromatic rings. The van der Waals surface area contributed by atoms with E-state index < -0.39 is 27.9 Å². The van der Waals surface area contributed by atoms with Crippen molar-refractivity contribution in [3.63, 3.8) is 0 Å². The van der Waals surface area contributed by atoms with E-state index in [9.17, 15) is 18.0 Å². The molecule has 1 aromatic carbocycles. The molecule has 1 atom stereocenters. The molecule has 7 nitrogen and oxygen atoms in total. The lowest BCUT2D eigenvalue weighted by atomic mass is 10.1. The number of carboxylic acid groups (broad SMARTS) is 1. The summed E-state index contributed by atoms with van der Waals surface area (Å²) in [7, 11) is -4.02. The van der Waals surface area contributed by atoms with Crippen molar-refractivity contribution in [2.75, 3.05) is 0 Å². The van der Waals surface area contributed by atoms with Crippen LogP contribution in [0.15, 0.2) is 23.1 Å². The molecule has 1 aliphatic rings. The normalized spacial score (nSPS) is 16.4. The Labute approximate surface area is 122 Å². The number of hydrogen-bond donors (Lipinski definition) is 3. The van der Waals surface area contributed by atoms with Gasteiger partial charge in [-0.2, -0.15) is 4.72 Å². The summed E-state index contributed by atoms with van der Waals surface area (Å²) in [5.74, 6) is -2.12. The summed E-state index contributed by atoms with van der Waals surface area (Å²) in [4.78, 5) is 22.2. The second-order valence-corrected chi connectivity index (χ2v) is 6.83. The standard InChI is InChI=1S/C13H16N2O5S/c1-7-2-5-9(6-10(7)12(14)16)21(19,20)15-11(13(17)18)8-3-4-8/h2,5-6,8,11,15H,3-4H2,1H3,(H2,14,16)(H,17,18). The quantitative estimate of drug-likeness (QED) is 0.693. The highest BCUT2D eigenvalue weighted by atomic mass is 32.2. The number of aryl methyl sites for hydroxylation is 1. The fraction of sp³-hybridized carbons (Fsp3) is 0.385. The molecule has 8 heteroatoms. The number of primary amides is 1. The van der Waals surface area contributed by atoms with Gasteiger partial charge in [0.15, 0.2) is 0 Å². The van der Waals surface area contributed by atoms with E-state index in [4.69, 9.17) is 10.8 Å². The van der Waals surface area contributed by atoms with E-state index in [2.05, 4.69) is 4.72 Å². The van der Waals surface area contributed by atoms with E-state index in [0.29, 0.717) is 18.4 Å². The SMILES string of the molecule is Cc1ccc(S(=O)(=O)NC(C(=O)O)C2CC2)cc1C(N)=O. The number of aliphatic carboxylic acids is 1. The average molecular weight is 312 g/mol. The Kier molecular flexibility index (Phi) is 4.02. The Morgan fingerprint density at radius 2 is 2.00 bits per heavy atom. The number of nitrogens with one attached hydrogen (secondary N) is 1. The number of hydrogen-bond acceptors (Lipinski definition) is 4. The number of benzene rings is 1. The third kappa shape index (κ3) is 3.40. The van der Waals surface area contributed by atoms with E-state index in [-0.39, 0.29) is 16.4 Å². The van der Waals surface area contributed by atoms with Gasteiger partial charge in [0.2, 0.25) is 15.9 Å². The number of carbonyl (C=O) groups excluding carboxylic acids is 1. The summed E-state index contributed by atoms with van der Waals surface area (Å²) < 4.78 is 26.7. The van der Waals surface area contributed by atoms with Gasteiger partial charge in [-0.15, -0.1) is 0 Å². The van der Waals surface area contributed by atoms with Crippen LogP contribution in [0, 0.1) is 12.8 Å². The molecule has 0 heterocycles. The molecular formula is C13H16N2O5S. The summed E-state index contributed by atoms with van der Waals surface area (Å²) in [5.41, 5.74) is 5.83. The Hall–Kier alpha value is -1.93. The number of rotatable bonds is 6. The minimum Gasteiger partial charge on any atom is -0.480 e. The van der Waals surface area contributed by atoms with Crippen LogP contribution in [0.2, 0.25) is 0 Å². The highest BCUT2D eigenvalue weighted by Crippen LogP contribution is 2.33. The fourth-order valence-electron chi connectivity index (χ4n) is 2.05. The molecule has 0 radical (unpaired) electrons. The van der Waals surface area contributed by atoms with Crippen molar-refractivity contribution in [3.05, 3.63) is 29.3 Å². The third-order valence-corrected chi connectivity index (χ3v) is 4.87. The maximum absolute atomic E-state index is 12.2. The first-order valence-corrected chi connectivity index (χ1v) is 7.86. The molecule has 1 amide bonds. The fourth-order valence-corrected chi connectivity index (χ4v) is 3.33. The topological polar surface area (TPSA) is 127 Å². The first kappa shape index (κ1) is 15.5. The molecule has 1 aliphatic carbocycles. The van der Waals surface area contributed by atoms with Gasteiger partial charge in [0.05, 0.1) is 4.90 Å². The Morgan fingerprint density at radius 1 is 1.38 bits per heavy atom. The van der Waals surface area contributed by atoms with Crippen LogP contribution in [0.3, 0.4) is 0 Å². The van der Waals surface area contributed by atoms with Crippen LogP contribution in [0.4, 0.5) is 0 Å². The van der Waals surface area contributed by atoms with Gasteiger partial charge in [-0.1, -0.05) is 6.07 Å². The number of carbonyl (C=O) groups is 2. The maximum Gasteiger partial charge on any atom is 0.322 e. The summed E-state index contributed by atoms with van der Waals surface area (Å²) in [5, 5.41) is 9.08. The van der Waals surface area contributed by atoms with Crippen LogP contribution in [0.5, 0.6) is 0 Å². The zero-order valence-electron chi connectivity index (χ0n) is 11.4. The van der Waals surface area contributed by atoms with Gasteiger partial charge in [0.25, 0.3) is 0 Å². The largest absolute Gasteiger partial charge is 0.480 e. The Bertz CT molecular complexity index is 695. The molecule has 0 spiro atoms. The van der Waals surface area contributed by atoms with Crippen LogP contribution >= 0.6 is 0 Å². The zero-order valence-corrected chi connectivity index (χ0v) is 12.2. The van der Waals surface area contributed by atoms with Crippen molar-refractivity contribution >= 4 is 21.9 Å². The van der Waals surface area contributed by atoms with E-state index in [1.165, 1.54) is 12.1 Å². The lowest BCUT2D eigenvalue weighted by Gasteiger charge is -2.14. The molecule has 0 saturated heterocycles. The van der Waals surface area contributed by atoms with Crippen molar-refractivity contribution in [3.8, 4) is 0 Å². The molecule has 1 fully saturated rings. The molecule has 1 unspecified atom stereocenters. The number of amides is 1. The van der Waals surface area contributed by atoms with Gasteiger partial charge in [-0.25, -0.2) is 8.42 Å². The average Bonchev–Trinajstić information content (AvgIpc) is 3.19. The van der Waals surface area contributed by atoms with Crippen molar-refractivity contribution in [1.82, 2.24) is 4.72 Å². The van der Waals surface area contributed by atoms with Crippen LogP contribution in [0.1, 0.15) is 28.8 Å². The maximum atomic E-state index is 12.2. The first-order valence-electron chi connectivity index (χ1n) is 6.38. The summed E-state index contributed by atoms with van der Waals surface area (Å²) in [6.07, 6.45) is 1.36. The van der Waals surface area contributed by atoms with Gasteiger partial charge >= 0.3 is 5.97 Å². The predicted molar refractivity (Wildman–Crippen MR) is 74.2 cm³/mol. The van der Waals surface area contributed by atoms with Gasteiger partial charge in [0.1, 0.15) is 6.04 Å². The number of sulfonamides is 1. The zero-order chi connectivity index (χ0) is 15.8. The smallest absolute Gasteiger partial charge is 0.322 e. The van der Waals surface area contributed by atoms with Crippen molar-refractivity contribution in [2.45, 2.75) is 30.7 Å². The third-order valence-electron chi connectivity index (χ3n) is 3.43. The summed E-state index contributed by atoms with van der Waals surface area (Å²) >= 11 is 0. The molecule has 21 heavy (non-hydrogen) atoms. The minimum atomic E-state index is -4.02. The molecule has 0 aliphatic heterocycles. The monoisotopic (exact) mass is 312 g/mol. The van der Waals surface area contributed by atoms with E-state index in [1.54, 1.807) is 6.92 Å². The highest BCUT2D eigenvalue weighted by molar-refractivity contribution is 7.89. The van der Waals surface area contributed by atoms with E-state index >= 15 is 0 Å². The second-order valence-electron chi connectivity index (χ2n) is 5.12. The van der Waals surface area contributed by atoms with Gasteiger partial charge in [-0.05, 0) is 43.4 Å². The predicted octanol–water partition coefficient (Wildman–Crippen LogP) is 0.235. The Morgan fingerprint density at radius 3 is 2.48 bits per heavy atom. The molecule has 114 valence electrons. The highest BCUT2D eigenvalue weighted by Gasteiger charge is 2.39. The molecule has 2 rings (SSSR count). The number of carboxylic acids is 1. The van der Waals surface area contributed by atoms with Crippen LogP contribution < -0.4 is 10.5 Å². The van der Waals surface area contributed by atoms with Crippen molar-refractivity contribution < 1.29 is 23.1 Å². The first-order chi connectivity index (χ1) is 9.72. The van der Waals surface area contributed by atoms with Crippen LogP contribution in [-0.4, -0.2) is 31.4 Å². The lowest BCUT2D eigenvalue weighted by molar-refractivity contribution is -0.139. The molecule has 0 aromatic heterocycles. The van der Waals surface area contributed by atoms with E-state index in [1.807, 2.05) is 0 Å². The van der Waals surface area contributed by atoms with Crippen molar-refractivity contribution in [2.24, 2.45) is 11.7 Å². The number of nitrogens with two attached hydrogens (primary N) is 1.